The Bertz CT molecular complexity index is 1050. The van der Waals surface area contributed by atoms with Gasteiger partial charge in [-0.1, -0.05) is 19.0 Å². The molecule has 2 fully saturated rings. The number of aromatic nitrogens is 4. The molecule has 0 radical (unpaired) electrons. The van der Waals surface area contributed by atoms with Gasteiger partial charge < -0.3 is 14.7 Å². The summed E-state index contributed by atoms with van der Waals surface area (Å²) in [5.74, 6) is 1.36. The lowest BCUT2D eigenvalue weighted by Crippen LogP contribution is -2.46. The molecule has 0 saturated carbocycles. The summed E-state index contributed by atoms with van der Waals surface area (Å²) in [5.41, 5.74) is 3.08. The Labute approximate surface area is 201 Å². The van der Waals surface area contributed by atoms with E-state index < -0.39 is 0 Å². The molecule has 186 valence electrons. The Morgan fingerprint density at radius 2 is 1.91 bits per heavy atom. The number of nitrogens with one attached hydrogen (secondary N) is 1. The van der Waals surface area contributed by atoms with Crippen LogP contribution >= 0.6 is 0 Å². The number of nitrogens with zero attached hydrogens (tertiary/aromatic N) is 6. The lowest BCUT2D eigenvalue weighted by molar-refractivity contribution is -0.136. The molecule has 4 heterocycles. The molecule has 2 aromatic rings. The topological polar surface area (TPSA) is 109 Å². The fourth-order valence-electron chi connectivity index (χ4n) is 5.43. The Morgan fingerprint density at radius 1 is 1.21 bits per heavy atom. The minimum Gasteiger partial charge on any atom is -0.351 e. The molecule has 0 aromatic carbocycles. The van der Waals surface area contributed by atoms with Gasteiger partial charge in [0.05, 0.1) is 18.3 Å². The zero-order valence-corrected chi connectivity index (χ0v) is 21.2. The van der Waals surface area contributed by atoms with E-state index in [9.17, 15) is 9.59 Å². The molecule has 2 aromatic heterocycles. The molecule has 1 atom stereocenters. The molecule has 0 aliphatic carbocycles. The van der Waals surface area contributed by atoms with Crippen molar-refractivity contribution in [3.8, 4) is 0 Å². The van der Waals surface area contributed by atoms with E-state index in [1.54, 1.807) is 0 Å². The molecule has 0 bridgehead atoms. The van der Waals surface area contributed by atoms with Gasteiger partial charge in [-0.3, -0.25) is 19.2 Å². The Morgan fingerprint density at radius 3 is 2.47 bits per heavy atom. The van der Waals surface area contributed by atoms with Crippen molar-refractivity contribution >= 4 is 11.8 Å². The number of hydrogen-bond acceptors (Lipinski definition) is 7. The number of likely N-dealkylation sites (tertiary alicyclic amines) is 2. The van der Waals surface area contributed by atoms with Gasteiger partial charge >= 0.3 is 0 Å². The molecule has 2 aliphatic rings. The van der Waals surface area contributed by atoms with Crippen LogP contribution < -0.4 is 5.32 Å². The number of aryl methyl sites for hydroxylation is 3. The maximum Gasteiger partial charge on any atom is 0.244 e. The molecule has 4 rings (SSSR count). The van der Waals surface area contributed by atoms with Crippen LogP contribution in [-0.4, -0.2) is 67.7 Å². The van der Waals surface area contributed by atoms with Crippen molar-refractivity contribution in [2.24, 2.45) is 18.4 Å². The summed E-state index contributed by atoms with van der Waals surface area (Å²) in [6.45, 7) is 12.7. The van der Waals surface area contributed by atoms with Crippen LogP contribution in [0.25, 0.3) is 0 Å². The molecule has 10 nitrogen and oxygen atoms in total. The molecule has 1 N–H and O–H groups in total. The SMILES string of the molecule is Cc1noc(C2CC3(CCN(C(=O)C(C)C)CC3)CN2CC(=O)NCc2c(C)nn(C)c2C)n1. The first-order valence-corrected chi connectivity index (χ1v) is 12.2. The van der Waals surface area contributed by atoms with Crippen molar-refractivity contribution in [2.45, 2.75) is 66.5 Å². The van der Waals surface area contributed by atoms with Crippen LogP contribution in [0.15, 0.2) is 4.52 Å². The highest BCUT2D eigenvalue weighted by Crippen LogP contribution is 2.48. The maximum absolute atomic E-state index is 13.0. The Kier molecular flexibility index (Phi) is 6.80. The van der Waals surface area contributed by atoms with Crippen molar-refractivity contribution in [1.29, 1.82) is 0 Å². The molecule has 2 amide bonds. The van der Waals surface area contributed by atoms with Crippen LogP contribution in [0.5, 0.6) is 0 Å². The quantitative estimate of drug-likeness (QED) is 0.687. The summed E-state index contributed by atoms with van der Waals surface area (Å²) in [6, 6.07) is -0.0961. The van der Waals surface area contributed by atoms with E-state index >= 15 is 0 Å². The van der Waals surface area contributed by atoms with Crippen molar-refractivity contribution in [3.05, 3.63) is 28.7 Å². The average molecular weight is 472 g/mol. The van der Waals surface area contributed by atoms with Crippen LogP contribution in [0.2, 0.25) is 0 Å². The summed E-state index contributed by atoms with van der Waals surface area (Å²) in [5, 5.41) is 11.5. The standard InChI is InChI=1S/C24H37N7O3/c1-15(2)23(33)30-9-7-24(8-10-30)11-20(22-26-18(5)28-34-22)31(14-24)13-21(32)25-12-19-16(3)27-29(6)17(19)4/h15,20H,7-14H2,1-6H3,(H,25,32). The van der Waals surface area contributed by atoms with Crippen LogP contribution in [0, 0.1) is 32.1 Å². The van der Waals surface area contributed by atoms with Gasteiger partial charge in [-0.25, -0.2) is 0 Å². The zero-order chi connectivity index (χ0) is 24.6. The number of rotatable bonds is 6. The van der Waals surface area contributed by atoms with E-state index in [0.29, 0.717) is 18.3 Å². The van der Waals surface area contributed by atoms with Crippen molar-refractivity contribution < 1.29 is 14.1 Å². The predicted octanol–water partition coefficient (Wildman–Crippen LogP) is 2.06. The van der Waals surface area contributed by atoms with Crippen LogP contribution in [-0.2, 0) is 23.2 Å². The third-order valence-electron chi connectivity index (χ3n) is 7.53. The summed E-state index contributed by atoms with van der Waals surface area (Å²) in [6.07, 6.45) is 2.69. The van der Waals surface area contributed by atoms with Gasteiger partial charge in [0.15, 0.2) is 5.82 Å². The number of hydrogen-bond donors (Lipinski definition) is 1. The normalized spacial score (nSPS) is 20.4. The third-order valence-corrected chi connectivity index (χ3v) is 7.53. The Hall–Kier alpha value is -2.75. The van der Waals surface area contributed by atoms with Crippen molar-refractivity contribution in [1.82, 2.24) is 35.0 Å². The molecular formula is C24H37N7O3. The summed E-state index contributed by atoms with van der Waals surface area (Å²) < 4.78 is 7.38. The number of amides is 2. The minimum absolute atomic E-state index is 0.0130. The highest BCUT2D eigenvalue weighted by atomic mass is 16.5. The van der Waals surface area contributed by atoms with E-state index in [0.717, 1.165) is 55.8 Å². The second-order valence-electron chi connectivity index (χ2n) is 10.3. The first kappa shape index (κ1) is 24.4. The zero-order valence-electron chi connectivity index (χ0n) is 21.2. The molecule has 10 heteroatoms. The van der Waals surface area contributed by atoms with Gasteiger partial charge in [0.1, 0.15) is 0 Å². The van der Waals surface area contributed by atoms with E-state index in [-0.39, 0.29) is 35.7 Å². The summed E-state index contributed by atoms with van der Waals surface area (Å²) >= 11 is 0. The van der Waals surface area contributed by atoms with Crippen molar-refractivity contribution in [3.63, 3.8) is 0 Å². The second-order valence-corrected chi connectivity index (χ2v) is 10.3. The first-order valence-electron chi connectivity index (χ1n) is 12.2. The van der Waals surface area contributed by atoms with Crippen LogP contribution in [0.1, 0.15) is 67.8 Å². The minimum atomic E-state index is -0.0961. The van der Waals surface area contributed by atoms with Crippen LogP contribution in [0.3, 0.4) is 0 Å². The highest BCUT2D eigenvalue weighted by Gasteiger charge is 2.48. The van der Waals surface area contributed by atoms with E-state index in [1.807, 2.05) is 51.2 Å². The lowest BCUT2D eigenvalue weighted by Gasteiger charge is -2.40. The predicted molar refractivity (Wildman–Crippen MR) is 126 cm³/mol. The Balaban J connectivity index is 1.44. The van der Waals surface area contributed by atoms with Gasteiger partial charge in [-0.05, 0) is 45.4 Å². The highest BCUT2D eigenvalue weighted by molar-refractivity contribution is 5.78. The molecule has 2 aliphatic heterocycles. The maximum atomic E-state index is 13.0. The van der Waals surface area contributed by atoms with E-state index in [1.165, 1.54) is 0 Å². The molecule has 2 saturated heterocycles. The van der Waals surface area contributed by atoms with Gasteiger partial charge in [0.2, 0.25) is 17.7 Å². The average Bonchev–Trinajstić information content (AvgIpc) is 3.43. The molecular weight excluding hydrogens is 434 g/mol. The van der Waals surface area contributed by atoms with Crippen molar-refractivity contribution in [2.75, 3.05) is 26.2 Å². The third kappa shape index (κ3) is 4.87. The van der Waals surface area contributed by atoms with Gasteiger partial charge in [0, 0.05) is 50.4 Å². The fourth-order valence-corrected chi connectivity index (χ4v) is 5.43. The van der Waals surface area contributed by atoms with Gasteiger partial charge in [0.25, 0.3) is 0 Å². The van der Waals surface area contributed by atoms with Gasteiger partial charge in [-0.15, -0.1) is 0 Å². The monoisotopic (exact) mass is 471 g/mol. The molecule has 1 spiro atoms. The number of carbonyl (C=O) groups excluding carboxylic acids is 2. The molecule has 1 unspecified atom stereocenters. The summed E-state index contributed by atoms with van der Waals surface area (Å²) in [7, 11) is 1.91. The van der Waals surface area contributed by atoms with E-state index in [4.69, 9.17) is 4.52 Å². The van der Waals surface area contributed by atoms with E-state index in [2.05, 4.69) is 25.5 Å². The summed E-state index contributed by atoms with van der Waals surface area (Å²) in [4.78, 5) is 34.1. The number of carbonyl (C=O) groups is 2. The smallest absolute Gasteiger partial charge is 0.244 e. The number of piperidine rings is 1. The molecule has 34 heavy (non-hydrogen) atoms. The van der Waals surface area contributed by atoms with Gasteiger partial charge in [-0.2, -0.15) is 10.1 Å². The first-order chi connectivity index (χ1) is 16.1. The fraction of sp³-hybridized carbons (Fsp3) is 0.708. The lowest BCUT2D eigenvalue weighted by atomic mass is 9.76. The second kappa shape index (κ2) is 9.48. The largest absolute Gasteiger partial charge is 0.351 e. The van der Waals surface area contributed by atoms with Crippen LogP contribution in [0.4, 0.5) is 0 Å².